The maximum Gasteiger partial charge on any atom is 0.161 e. The minimum Gasteiger partial charge on any atom is -0.493 e. The van der Waals surface area contributed by atoms with E-state index in [-0.39, 0.29) is 0 Å². The summed E-state index contributed by atoms with van der Waals surface area (Å²) in [6, 6.07) is 16.6. The highest BCUT2D eigenvalue weighted by Crippen LogP contribution is 2.31. The highest BCUT2D eigenvalue weighted by Gasteiger charge is 2.20. The molecule has 6 heteroatoms. The molecule has 2 heterocycles. The third-order valence-corrected chi connectivity index (χ3v) is 5.64. The number of hydrogen-bond donors (Lipinski definition) is 1. The zero-order valence-electron chi connectivity index (χ0n) is 17.1. The van der Waals surface area contributed by atoms with E-state index < -0.39 is 0 Å². The maximum absolute atomic E-state index is 5.38. The van der Waals surface area contributed by atoms with Crippen LogP contribution in [-0.2, 0) is 13.0 Å². The van der Waals surface area contributed by atoms with Crippen molar-refractivity contribution in [1.29, 1.82) is 0 Å². The Kier molecular flexibility index (Phi) is 6.10. The fraction of sp³-hybridized carbons (Fsp3) is 0.391. The Labute approximate surface area is 171 Å². The van der Waals surface area contributed by atoms with E-state index in [1.54, 1.807) is 14.2 Å². The van der Waals surface area contributed by atoms with Crippen molar-refractivity contribution in [2.45, 2.75) is 25.8 Å². The van der Waals surface area contributed by atoms with Gasteiger partial charge in [-0.2, -0.15) is 0 Å². The van der Waals surface area contributed by atoms with Gasteiger partial charge in [0, 0.05) is 5.56 Å². The molecule has 3 aromatic rings. The number of methoxy groups -OCH3 is 2. The van der Waals surface area contributed by atoms with E-state index >= 15 is 0 Å². The number of H-pyrrole nitrogens is 1. The van der Waals surface area contributed by atoms with Crippen molar-refractivity contribution in [3.8, 4) is 22.9 Å². The third-order valence-electron chi connectivity index (χ3n) is 5.64. The van der Waals surface area contributed by atoms with Gasteiger partial charge in [-0.25, -0.2) is 0 Å². The van der Waals surface area contributed by atoms with Crippen LogP contribution in [0.15, 0.2) is 48.5 Å². The Hall–Kier alpha value is -2.86. The first-order valence-electron chi connectivity index (χ1n) is 10.2. The second-order valence-corrected chi connectivity index (χ2v) is 7.60. The molecule has 152 valence electrons. The van der Waals surface area contributed by atoms with E-state index in [4.69, 9.17) is 9.47 Å². The van der Waals surface area contributed by atoms with Gasteiger partial charge in [-0.3, -0.25) is 4.90 Å². The fourth-order valence-corrected chi connectivity index (χ4v) is 3.99. The molecule has 0 unspecified atom stereocenters. The zero-order chi connectivity index (χ0) is 20.1. The van der Waals surface area contributed by atoms with Gasteiger partial charge in [0.2, 0.25) is 0 Å². The quantitative estimate of drug-likeness (QED) is 0.660. The van der Waals surface area contributed by atoms with Gasteiger partial charge < -0.3 is 14.5 Å². The van der Waals surface area contributed by atoms with Crippen molar-refractivity contribution in [2.24, 2.45) is 5.92 Å². The molecular weight excluding hydrogens is 364 g/mol. The number of ether oxygens (including phenoxy) is 2. The fourth-order valence-electron chi connectivity index (χ4n) is 3.99. The lowest BCUT2D eigenvalue weighted by molar-refractivity contribution is 0.173. The first-order chi connectivity index (χ1) is 14.2. The average Bonchev–Trinajstić information content (AvgIpc) is 3.24. The first-order valence-corrected chi connectivity index (χ1v) is 10.2. The topological polar surface area (TPSA) is 63.3 Å². The van der Waals surface area contributed by atoms with Gasteiger partial charge in [0.15, 0.2) is 17.3 Å². The number of aromatic nitrogens is 3. The van der Waals surface area contributed by atoms with Crippen LogP contribution in [0.3, 0.4) is 0 Å². The molecule has 0 saturated carbocycles. The minimum absolute atomic E-state index is 0.684. The molecule has 1 N–H and O–H groups in total. The lowest BCUT2D eigenvalue weighted by Gasteiger charge is -2.31. The first kappa shape index (κ1) is 19.5. The van der Waals surface area contributed by atoms with Crippen molar-refractivity contribution in [3.05, 3.63) is 59.9 Å². The monoisotopic (exact) mass is 392 g/mol. The molecule has 29 heavy (non-hydrogen) atoms. The predicted octanol–water partition coefficient (Wildman–Crippen LogP) is 3.94. The molecule has 1 aromatic heterocycles. The number of nitrogens with one attached hydrogen (secondary N) is 1. The number of aromatic amines is 1. The minimum atomic E-state index is 0.684. The maximum atomic E-state index is 5.38. The Morgan fingerprint density at radius 1 is 0.966 bits per heavy atom. The summed E-state index contributed by atoms with van der Waals surface area (Å²) in [5.41, 5.74) is 2.38. The smallest absolute Gasteiger partial charge is 0.161 e. The highest BCUT2D eigenvalue weighted by molar-refractivity contribution is 5.60. The summed E-state index contributed by atoms with van der Waals surface area (Å²) < 4.78 is 10.7. The summed E-state index contributed by atoms with van der Waals surface area (Å²) in [6.45, 7) is 3.01. The van der Waals surface area contributed by atoms with E-state index in [0.717, 1.165) is 42.8 Å². The Bertz CT molecular complexity index is 918. The number of likely N-dealkylation sites (tertiary alicyclic amines) is 1. The van der Waals surface area contributed by atoms with Crippen LogP contribution in [-0.4, -0.2) is 47.4 Å². The van der Waals surface area contributed by atoms with Gasteiger partial charge in [-0.1, -0.05) is 30.3 Å². The molecule has 6 nitrogen and oxygen atoms in total. The lowest BCUT2D eigenvalue weighted by Crippen LogP contribution is -2.34. The zero-order valence-corrected chi connectivity index (χ0v) is 17.1. The van der Waals surface area contributed by atoms with Gasteiger partial charge >= 0.3 is 0 Å². The van der Waals surface area contributed by atoms with Crippen molar-refractivity contribution in [1.82, 2.24) is 20.1 Å². The number of nitrogens with zero attached hydrogens (tertiary/aromatic N) is 3. The second-order valence-electron chi connectivity index (χ2n) is 7.60. The van der Waals surface area contributed by atoms with Crippen LogP contribution in [0.25, 0.3) is 11.4 Å². The molecule has 1 aliphatic rings. The van der Waals surface area contributed by atoms with Crippen LogP contribution >= 0.6 is 0 Å². The molecule has 0 atom stereocenters. The molecule has 0 aliphatic carbocycles. The van der Waals surface area contributed by atoms with Crippen LogP contribution in [0.1, 0.15) is 24.2 Å². The molecule has 1 saturated heterocycles. The van der Waals surface area contributed by atoms with Crippen molar-refractivity contribution < 1.29 is 9.47 Å². The van der Waals surface area contributed by atoms with Crippen molar-refractivity contribution >= 4 is 0 Å². The Balaban J connectivity index is 1.33. The standard InChI is InChI=1S/C23H28N4O2/c1-28-20-9-8-19(15-21(20)29-2)23-24-22(25-26-23)16-27-12-10-18(11-13-27)14-17-6-4-3-5-7-17/h3-9,15,18H,10-14,16H2,1-2H3,(H,24,25,26). The van der Waals surface area contributed by atoms with Crippen molar-refractivity contribution in [2.75, 3.05) is 27.3 Å². The molecule has 0 radical (unpaired) electrons. The van der Waals surface area contributed by atoms with Gasteiger partial charge in [-0.05, 0) is 62.0 Å². The molecule has 2 aromatic carbocycles. The SMILES string of the molecule is COc1ccc(-c2nnc(CN3CCC(Cc4ccccc4)CC3)[nH]2)cc1OC. The van der Waals surface area contributed by atoms with Crippen LogP contribution in [0, 0.1) is 5.92 Å². The average molecular weight is 393 g/mol. The summed E-state index contributed by atoms with van der Waals surface area (Å²) in [6.07, 6.45) is 3.64. The molecule has 0 spiro atoms. The third kappa shape index (κ3) is 4.77. The number of hydrogen-bond acceptors (Lipinski definition) is 5. The van der Waals surface area contributed by atoms with Gasteiger partial charge in [0.05, 0.1) is 20.8 Å². The van der Waals surface area contributed by atoms with E-state index in [9.17, 15) is 0 Å². The number of benzene rings is 2. The van der Waals surface area contributed by atoms with E-state index in [0.29, 0.717) is 11.5 Å². The van der Waals surface area contributed by atoms with Crippen LogP contribution in [0.4, 0.5) is 0 Å². The summed E-state index contributed by atoms with van der Waals surface area (Å²) in [7, 11) is 3.27. The number of piperidine rings is 1. The van der Waals surface area contributed by atoms with Crippen LogP contribution < -0.4 is 9.47 Å². The summed E-state index contributed by atoms with van der Waals surface area (Å²) in [5, 5.41) is 8.68. The normalized spacial score (nSPS) is 15.4. The molecule has 1 fully saturated rings. The summed E-state index contributed by atoms with van der Waals surface area (Å²) in [5.74, 6) is 3.81. The molecular formula is C23H28N4O2. The van der Waals surface area contributed by atoms with Crippen molar-refractivity contribution in [3.63, 3.8) is 0 Å². The van der Waals surface area contributed by atoms with Gasteiger partial charge in [0.25, 0.3) is 0 Å². The van der Waals surface area contributed by atoms with Crippen LogP contribution in [0.2, 0.25) is 0 Å². The van der Waals surface area contributed by atoms with Crippen LogP contribution in [0.5, 0.6) is 11.5 Å². The largest absolute Gasteiger partial charge is 0.493 e. The highest BCUT2D eigenvalue weighted by atomic mass is 16.5. The van der Waals surface area contributed by atoms with E-state index in [1.165, 1.54) is 24.8 Å². The molecule has 0 bridgehead atoms. The predicted molar refractivity (Wildman–Crippen MR) is 113 cm³/mol. The van der Waals surface area contributed by atoms with Gasteiger partial charge in [0.1, 0.15) is 5.82 Å². The summed E-state index contributed by atoms with van der Waals surface area (Å²) >= 11 is 0. The van der Waals surface area contributed by atoms with Gasteiger partial charge in [-0.15, -0.1) is 10.2 Å². The summed E-state index contributed by atoms with van der Waals surface area (Å²) in [4.78, 5) is 5.82. The van der Waals surface area contributed by atoms with E-state index in [1.807, 2.05) is 18.2 Å². The van der Waals surface area contributed by atoms with E-state index in [2.05, 4.69) is 50.4 Å². The lowest BCUT2D eigenvalue weighted by atomic mass is 9.90. The molecule has 4 rings (SSSR count). The molecule has 1 aliphatic heterocycles. The Morgan fingerprint density at radius 2 is 1.72 bits per heavy atom. The second kappa shape index (κ2) is 9.09. The Morgan fingerprint density at radius 3 is 2.45 bits per heavy atom. The molecule has 0 amide bonds. The number of rotatable bonds is 7.